The van der Waals surface area contributed by atoms with Gasteiger partial charge < -0.3 is 10.1 Å². The van der Waals surface area contributed by atoms with Crippen LogP contribution in [-0.2, 0) is 16.0 Å². The van der Waals surface area contributed by atoms with Crippen molar-refractivity contribution in [2.75, 3.05) is 5.32 Å². The van der Waals surface area contributed by atoms with Gasteiger partial charge in [0, 0.05) is 10.9 Å². The first-order chi connectivity index (χ1) is 11.8. The van der Waals surface area contributed by atoms with E-state index in [0.29, 0.717) is 4.88 Å². The second-order valence-corrected chi connectivity index (χ2v) is 6.61. The fraction of sp³-hybridized carbons (Fsp3) is 0.294. The molecular weight excluding hydrogens is 344 g/mol. The van der Waals surface area contributed by atoms with Gasteiger partial charge in [-0.05, 0) is 38.0 Å². The molecule has 0 aliphatic heterocycles. The monoisotopic (exact) mass is 362 g/mol. The van der Waals surface area contributed by atoms with E-state index in [4.69, 9.17) is 4.74 Å². The largest absolute Gasteiger partial charge is 0.448 e. The molecule has 0 bridgehead atoms. The topological polar surface area (TPSA) is 98.5 Å². The van der Waals surface area contributed by atoms with Gasteiger partial charge in [0.2, 0.25) is 0 Å². The molecule has 1 aromatic heterocycles. The summed E-state index contributed by atoms with van der Waals surface area (Å²) < 4.78 is 5.17. The van der Waals surface area contributed by atoms with Gasteiger partial charge in [-0.2, -0.15) is 0 Å². The lowest BCUT2D eigenvalue weighted by Crippen LogP contribution is -2.30. The van der Waals surface area contributed by atoms with Gasteiger partial charge in [-0.25, -0.2) is 4.79 Å². The zero-order chi connectivity index (χ0) is 18.6. The van der Waals surface area contributed by atoms with Crippen molar-refractivity contribution >= 4 is 34.6 Å². The van der Waals surface area contributed by atoms with Crippen molar-refractivity contribution in [3.8, 4) is 0 Å². The van der Waals surface area contributed by atoms with Gasteiger partial charge in [0.1, 0.15) is 10.6 Å². The fourth-order valence-corrected chi connectivity index (χ4v) is 3.21. The van der Waals surface area contributed by atoms with E-state index in [-0.39, 0.29) is 11.4 Å². The molecule has 25 heavy (non-hydrogen) atoms. The van der Waals surface area contributed by atoms with Crippen LogP contribution in [0, 0.1) is 17.0 Å². The molecule has 2 rings (SSSR count). The summed E-state index contributed by atoms with van der Waals surface area (Å²) in [5, 5.41) is 13.4. The van der Waals surface area contributed by atoms with Crippen LogP contribution in [0.1, 0.15) is 34.0 Å². The summed E-state index contributed by atoms with van der Waals surface area (Å²) >= 11 is 1.32. The number of nitrogens with one attached hydrogen (secondary N) is 1. The number of carbonyl (C=O) groups is 2. The van der Waals surface area contributed by atoms with Crippen molar-refractivity contribution in [2.24, 2.45) is 0 Å². The molecule has 132 valence electrons. The lowest BCUT2D eigenvalue weighted by Gasteiger charge is -2.13. The van der Waals surface area contributed by atoms with Gasteiger partial charge >= 0.3 is 5.97 Å². The Morgan fingerprint density at radius 2 is 2.04 bits per heavy atom. The summed E-state index contributed by atoms with van der Waals surface area (Å²) in [6, 6.07) is 7.53. The molecule has 1 N–H and O–H groups in total. The van der Waals surface area contributed by atoms with E-state index < -0.39 is 22.9 Å². The molecule has 8 heteroatoms. The first-order valence-electron chi connectivity index (χ1n) is 7.68. The number of hydrogen-bond acceptors (Lipinski definition) is 6. The summed E-state index contributed by atoms with van der Waals surface area (Å²) in [6.07, 6.45) is -0.275. The maximum atomic E-state index is 12.2. The van der Waals surface area contributed by atoms with Crippen molar-refractivity contribution in [3.63, 3.8) is 0 Å². The molecule has 0 aliphatic carbocycles. The van der Waals surface area contributed by atoms with Gasteiger partial charge in [-0.1, -0.05) is 19.1 Å². The van der Waals surface area contributed by atoms with Gasteiger partial charge in [-0.3, -0.25) is 14.9 Å². The van der Waals surface area contributed by atoms with Crippen molar-refractivity contribution in [3.05, 3.63) is 55.8 Å². The Balaban J connectivity index is 2.05. The molecule has 0 spiro atoms. The van der Waals surface area contributed by atoms with Crippen molar-refractivity contribution < 1.29 is 19.2 Å². The smallest absolute Gasteiger partial charge is 0.349 e. The average Bonchev–Trinajstić information content (AvgIpc) is 2.96. The third-order valence-corrected chi connectivity index (χ3v) is 4.69. The van der Waals surface area contributed by atoms with Gasteiger partial charge in [-0.15, -0.1) is 11.3 Å². The van der Waals surface area contributed by atoms with Crippen LogP contribution < -0.4 is 5.32 Å². The van der Waals surface area contributed by atoms with Gasteiger partial charge in [0.05, 0.1) is 4.92 Å². The number of anilines is 1. The number of nitro benzene ring substituents is 1. The highest BCUT2D eigenvalue weighted by Gasteiger charge is 2.23. The van der Waals surface area contributed by atoms with E-state index in [2.05, 4.69) is 5.32 Å². The van der Waals surface area contributed by atoms with Crippen LogP contribution in [0.15, 0.2) is 30.3 Å². The third-order valence-electron chi connectivity index (χ3n) is 3.61. The zero-order valence-electron chi connectivity index (χ0n) is 14.1. The number of aryl methyl sites for hydroxylation is 2. The van der Waals surface area contributed by atoms with Crippen LogP contribution in [0.4, 0.5) is 11.4 Å². The number of para-hydroxylation sites is 2. The molecule has 1 amide bonds. The summed E-state index contributed by atoms with van der Waals surface area (Å²) in [5.41, 5.74) is 0.894. The maximum Gasteiger partial charge on any atom is 0.349 e. The highest BCUT2D eigenvalue weighted by molar-refractivity contribution is 7.14. The SMILES string of the molecule is CCc1cc(C(=O)OC(C)C(=O)Nc2ccccc2[N+](=O)[O-])sc1C. The van der Waals surface area contributed by atoms with Crippen LogP contribution in [0.2, 0.25) is 0 Å². The predicted molar refractivity (Wildman–Crippen MR) is 95.0 cm³/mol. The number of rotatable bonds is 6. The standard InChI is InChI=1S/C17H18N2O5S/c1-4-12-9-15(25-11(12)3)17(21)24-10(2)16(20)18-13-7-5-6-8-14(13)19(22)23/h5-10H,4H2,1-3H3,(H,18,20). The Kier molecular flexibility index (Phi) is 5.87. The summed E-state index contributed by atoms with van der Waals surface area (Å²) in [4.78, 5) is 36.2. The Hall–Kier alpha value is -2.74. The minimum atomic E-state index is -1.08. The number of ether oxygens (including phenoxy) is 1. The molecular formula is C17H18N2O5S. The maximum absolute atomic E-state index is 12.2. The number of carbonyl (C=O) groups excluding carboxylic acids is 2. The van der Waals surface area contributed by atoms with Crippen LogP contribution in [0.3, 0.4) is 0 Å². The van der Waals surface area contributed by atoms with Crippen LogP contribution in [-0.4, -0.2) is 22.9 Å². The lowest BCUT2D eigenvalue weighted by atomic mass is 10.2. The Bertz CT molecular complexity index is 815. The first-order valence-corrected chi connectivity index (χ1v) is 8.49. The molecule has 0 saturated heterocycles. The Labute approximate surface area is 148 Å². The van der Waals surface area contributed by atoms with Crippen molar-refractivity contribution in [1.29, 1.82) is 0 Å². The number of hydrogen-bond donors (Lipinski definition) is 1. The van der Waals surface area contributed by atoms with Crippen molar-refractivity contribution in [2.45, 2.75) is 33.3 Å². The van der Waals surface area contributed by atoms with E-state index in [9.17, 15) is 19.7 Å². The molecule has 1 atom stereocenters. The number of benzene rings is 1. The average molecular weight is 362 g/mol. The van der Waals surface area contributed by atoms with Crippen molar-refractivity contribution in [1.82, 2.24) is 0 Å². The zero-order valence-corrected chi connectivity index (χ0v) is 14.9. The Morgan fingerprint density at radius 3 is 2.64 bits per heavy atom. The Morgan fingerprint density at radius 1 is 1.36 bits per heavy atom. The number of nitro groups is 1. The van der Waals surface area contributed by atoms with Crippen LogP contribution >= 0.6 is 11.3 Å². The molecule has 0 aliphatic rings. The highest BCUT2D eigenvalue weighted by atomic mass is 32.1. The summed E-state index contributed by atoms with van der Waals surface area (Å²) in [5.74, 6) is -1.22. The minimum Gasteiger partial charge on any atom is -0.448 e. The molecule has 2 aromatic rings. The van der Waals surface area contributed by atoms with E-state index in [1.165, 1.54) is 36.5 Å². The predicted octanol–water partition coefficient (Wildman–Crippen LogP) is 3.71. The molecule has 0 saturated carbocycles. The quantitative estimate of drug-likeness (QED) is 0.480. The lowest BCUT2D eigenvalue weighted by molar-refractivity contribution is -0.383. The number of nitrogens with zero attached hydrogens (tertiary/aromatic N) is 1. The summed E-state index contributed by atoms with van der Waals surface area (Å²) in [6.45, 7) is 5.33. The first kappa shape index (κ1) is 18.6. The normalized spacial score (nSPS) is 11.6. The number of esters is 1. The van der Waals surface area contributed by atoms with E-state index in [0.717, 1.165) is 16.9 Å². The minimum absolute atomic E-state index is 0.0561. The van der Waals surface area contributed by atoms with E-state index >= 15 is 0 Å². The second-order valence-electron chi connectivity index (χ2n) is 5.36. The van der Waals surface area contributed by atoms with Crippen LogP contribution in [0.25, 0.3) is 0 Å². The molecule has 0 fully saturated rings. The highest BCUT2D eigenvalue weighted by Crippen LogP contribution is 2.25. The molecule has 0 radical (unpaired) electrons. The number of amides is 1. The molecule has 1 aromatic carbocycles. The number of thiophene rings is 1. The van der Waals surface area contributed by atoms with Crippen LogP contribution in [0.5, 0.6) is 0 Å². The van der Waals surface area contributed by atoms with Gasteiger partial charge in [0.25, 0.3) is 11.6 Å². The molecule has 7 nitrogen and oxygen atoms in total. The fourth-order valence-electron chi connectivity index (χ4n) is 2.22. The third kappa shape index (κ3) is 4.42. The second kappa shape index (κ2) is 7.89. The summed E-state index contributed by atoms with van der Waals surface area (Å²) in [7, 11) is 0. The van der Waals surface area contributed by atoms with E-state index in [1.54, 1.807) is 12.1 Å². The molecule has 1 heterocycles. The molecule has 1 unspecified atom stereocenters. The van der Waals surface area contributed by atoms with Gasteiger partial charge in [0.15, 0.2) is 6.10 Å². The van der Waals surface area contributed by atoms with E-state index in [1.807, 2.05) is 13.8 Å².